The molecule has 0 spiro atoms. The minimum atomic E-state index is -0.770. The fourth-order valence-corrected chi connectivity index (χ4v) is 7.84. The van der Waals surface area contributed by atoms with Crippen molar-refractivity contribution in [2.75, 3.05) is 13.2 Å². The Labute approximate surface area is 379 Å². The van der Waals surface area contributed by atoms with Crippen molar-refractivity contribution in [1.29, 1.82) is 0 Å². The van der Waals surface area contributed by atoms with E-state index in [4.69, 9.17) is 14.2 Å². The quantitative estimate of drug-likeness (QED) is 0.0262. The minimum absolute atomic E-state index is 0.0706. The maximum atomic E-state index is 12.8. The van der Waals surface area contributed by atoms with Crippen molar-refractivity contribution in [1.82, 2.24) is 0 Å². The highest BCUT2D eigenvalue weighted by molar-refractivity contribution is 5.71. The second kappa shape index (κ2) is 50.5. The molecule has 0 aliphatic heterocycles. The van der Waals surface area contributed by atoms with E-state index in [1.807, 2.05) is 0 Å². The van der Waals surface area contributed by atoms with Crippen LogP contribution in [-0.4, -0.2) is 37.2 Å². The molecule has 0 saturated heterocycles. The number of esters is 3. The summed E-state index contributed by atoms with van der Waals surface area (Å²) in [6.45, 7) is 6.64. The molecule has 0 aliphatic rings. The summed E-state index contributed by atoms with van der Waals surface area (Å²) in [5.74, 6) is -0.866. The SMILES string of the molecule is CCCCCC/C=C\CCCCCCCCCC(=O)OC(COC(=O)CCCCCCCCC/C=C\CCCCCCCC)COC(=O)CCCCCCCCCCCCC. The van der Waals surface area contributed by atoms with Gasteiger partial charge >= 0.3 is 17.9 Å². The Kier molecular flexibility index (Phi) is 48.8. The van der Waals surface area contributed by atoms with Gasteiger partial charge in [-0.25, -0.2) is 0 Å². The van der Waals surface area contributed by atoms with Gasteiger partial charge in [-0.2, -0.15) is 0 Å². The zero-order valence-corrected chi connectivity index (χ0v) is 40.9. The predicted octanol–water partition coefficient (Wildman–Crippen LogP) is 17.5. The van der Waals surface area contributed by atoms with Gasteiger partial charge < -0.3 is 14.2 Å². The van der Waals surface area contributed by atoms with Gasteiger partial charge in [0.15, 0.2) is 6.10 Å². The van der Waals surface area contributed by atoms with E-state index in [1.165, 1.54) is 193 Å². The van der Waals surface area contributed by atoms with Crippen molar-refractivity contribution in [2.24, 2.45) is 0 Å². The van der Waals surface area contributed by atoms with Crippen LogP contribution in [0.4, 0.5) is 0 Å². The number of unbranched alkanes of at least 4 members (excludes halogenated alkanes) is 34. The molecule has 61 heavy (non-hydrogen) atoms. The van der Waals surface area contributed by atoms with Gasteiger partial charge in [-0.1, -0.05) is 225 Å². The number of hydrogen-bond acceptors (Lipinski definition) is 6. The molecule has 358 valence electrons. The second-order valence-corrected chi connectivity index (χ2v) is 18.1. The Bertz CT molecular complexity index is 989. The zero-order valence-electron chi connectivity index (χ0n) is 40.9. The molecule has 0 fully saturated rings. The van der Waals surface area contributed by atoms with Gasteiger partial charge in [0.05, 0.1) is 0 Å². The highest BCUT2D eigenvalue weighted by Gasteiger charge is 2.19. The summed E-state index contributed by atoms with van der Waals surface area (Å²) < 4.78 is 16.8. The van der Waals surface area contributed by atoms with Crippen LogP contribution in [0, 0.1) is 0 Å². The molecule has 0 aromatic carbocycles. The largest absolute Gasteiger partial charge is 0.462 e. The number of rotatable bonds is 49. The van der Waals surface area contributed by atoms with Gasteiger partial charge in [0.1, 0.15) is 13.2 Å². The molecule has 6 heteroatoms. The van der Waals surface area contributed by atoms with Crippen LogP contribution in [0.25, 0.3) is 0 Å². The third-order valence-electron chi connectivity index (χ3n) is 11.9. The average Bonchev–Trinajstić information content (AvgIpc) is 3.26. The molecule has 0 aromatic heterocycles. The smallest absolute Gasteiger partial charge is 0.306 e. The van der Waals surface area contributed by atoms with E-state index in [1.54, 1.807) is 0 Å². The highest BCUT2D eigenvalue weighted by atomic mass is 16.6. The standard InChI is InChI=1S/C55H102O6/c1-4-7-10-13-16-19-22-24-26-27-29-30-33-36-39-42-45-48-54(57)60-51-52(50-59-53(56)47-44-41-38-35-32-21-18-15-12-9-6-3)61-55(58)49-46-43-40-37-34-31-28-25-23-20-17-14-11-8-5-2/h20,23-24,26,52H,4-19,21-22,25,27-51H2,1-3H3/b23-20-,26-24-. The zero-order chi connectivity index (χ0) is 44.4. The van der Waals surface area contributed by atoms with Crippen molar-refractivity contribution in [2.45, 2.75) is 297 Å². The maximum absolute atomic E-state index is 12.8. The van der Waals surface area contributed by atoms with Crippen molar-refractivity contribution < 1.29 is 28.6 Å². The van der Waals surface area contributed by atoms with Gasteiger partial charge in [-0.3, -0.25) is 14.4 Å². The Morgan fingerprint density at radius 2 is 0.541 bits per heavy atom. The molecular weight excluding hydrogens is 757 g/mol. The summed E-state index contributed by atoms with van der Waals surface area (Å²) in [6, 6.07) is 0. The third-order valence-corrected chi connectivity index (χ3v) is 11.9. The van der Waals surface area contributed by atoms with E-state index >= 15 is 0 Å². The van der Waals surface area contributed by atoms with Crippen molar-refractivity contribution in [3.8, 4) is 0 Å². The number of allylic oxidation sites excluding steroid dienone is 4. The lowest BCUT2D eigenvalue weighted by Crippen LogP contribution is -2.30. The lowest BCUT2D eigenvalue weighted by Gasteiger charge is -2.18. The van der Waals surface area contributed by atoms with E-state index < -0.39 is 6.10 Å². The molecule has 0 amide bonds. The van der Waals surface area contributed by atoms with Crippen molar-refractivity contribution >= 4 is 17.9 Å². The summed E-state index contributed by atoms with van der Waals surface area (Å²) in [7, 11) is 0. The van der Waals surface area contributed by atoms with Gasteiger partial charge in [-0.05, 0) is 70.6 Å². The number of carbonyl (C=O) groups excluding carboxylic acids is 3. The van der Waals surface area contributed by atoms with Crippen molar-refractivity contribution in [3.05, 3.63) is 24.3 Å². The topological polar surface area (TPSA) is 78.9 Å². The first-order chi connectivity index (χ1) is 30.0. The van der Waals surface area contributed by atoms with E-state index in [0.29, 0.717) is 19.3 Å². The van der Waals surface area contributed by atoms with Crippen LogP contribution < -0.4 is 0 Å². The van der Waals surface area contributed by atoms with Crippen LogP contribution in [0.2, 0.25) is 0 Å². The first kappa shape index (κ1) is 58.9. The molecule has 0 bridgehead atoms. The molecule has 1 unspecified atom stereocenters. The first-order valence-corrected chi connectivity index (χ1v) is 26.8. The molecular formula is C55H102O6. The molecule has 0 radical (unpaired) electrons. The van der Waals surface area contributed by atoms with Crippen LogP contribution in [0.3, 0.4) is 0 Å². The fraction of sp³-hybridized carbons (Fsp3) is 0.873. The molecule has 0 heterocycles. The predicted molar refractivity (Wildman–Crippen MR) is 261 cm³/mol. The monoisotopic (exact) mass is 859 g/mol. The summed E-state index contributed by atoms with van der Waals surface area (Å²) >= 11 is 0. The van der Waals surface area contributed by atoms with Gasteiger partial charge in [0, 0.05) is 19.3 Å². The van der Waals surface area contributed by atoms with Gasteiger partial charge in [0.25, 0.3) is 0 Å². The van der Waals surface area contributed by atoms with Crippen molar-refractivity contribution in [3.63, 3.8) is 0 Å². The molecule has 0 saturated carbocycles. The number of ether oxygens (including phenoxy) is 3. The third kappa shape index (κ3) is 48.8. The molecule has 1 atom stereocenters. The van der Waals surface area contributed by atoms with E-state index in [0.717, 1.165) is 57.8 Å². The van der Waals surface area contributed by atoms with Crippen LogP contribution >= 0.6 is 0 Å². The molecule has 0 aromatic rings. The lowest BCUT2D eigenvalue weighted by atomic mass is 10.1. The summed E-state index contributed by atoms with van der Waals surface area (Å²) in [5.41, 5.74) is 0. The molecule has 0 rings (SSSR count). The molecule has 0 aliphatic carbocycles. The molecule has 6 nitrogen and oxygen atoms in total. The Balaban J connectivity index is 4.33. The Morgan fingerprint density at radius 1 is 0.311 bits per heavy atom. The van der Waals surface area contributed by atoms with Crippen LogP contribution in [-0.2, 0) is 28.6 Å². The molecule has 0 N–H and O–H groups in total. The van der Waals surface area contributed by atoms with Crippen LogP contribution in [0.15, 0.2) is 24.3 Å². The average molecular weight is 859 g/mol. The first-order valence-electron chi connectivity index (χ1n) is 26.8. The summed E-state index contributed by atoms with van der Waals surface area (Å²) in [5, 5.41) is 0. The van der Waals surface area contributed by atoms with E-state index in [9.17, 15) is 14.4 Å². The maximum Gasteiger partial charge on any atom is 0.306 e. The Hall–Kier alpha value is -2.11. The summed E-state index contributed by atoms with van der Waals surface area (Å²) in [4.78, 5) is 38.0. The van der Waals surface area contributed by atoms with Gasteiger partial charge in [0.2, 0.25) is 0 Å². The number of hydrogen-bond donors (Lipinski definition) is 0. The second-order valence-electron chi connectivity index (χ2n) is 18.1. The van der Waals surface area contributed by atoms with Crippen LogP contribution in [0.5, 0.6) is 0 Å². The van der Waals surface area contributed by atoms with Gasteiger partial charge in [-0.15, -0.1) is 0 Å². The minimum Gasteiger partial charge on any atom is -0.462 e. The Morgan fingerprint density at radius 3 is 0.836 bits per heavy atom. The van der Waals surface area contributed by atoms with E-state index in [-0.39, 0.29) is 31.1 Å². The normalized spacial score (nSPS) is 12.1. The van der Waals surface area contributed by atoms with E-state index in [2.05, 4.69) is 45.1 Å². The van der Waals surface area contributed by atoms with Crippen LogP contribution in [0.1, 0.15) is 290 Å². The number of carbonyl (C=O) groups is 3. The summed E-state index contributed by atoms with van der Waals surface area (Å²) in [6.07, 6.45) is 57.3. The fourth-order valence-electron chi connectivity index (χ4n) is 7.84. The lowest BCUT2D eigenvalue weighted by molar-refractivity contribution is -0.167. The highest BCUT2D eigenvalue weighted by Crippen LogP contribution is 2.16.